The van der Waals surface area contributed by atoms with E-state index in [9.17, 15) is 4.79 Å². The molecular formula is C8H14N2O2. The quantitative estimate of drug-likeness (QED) is 0.621. The monoisotopic (exact) mass is 170 g/mol. The average molecular weight is 170 g/mol. The van der Waals surface area contributed by atoms with E-state index in [0.29, 0.717) is 13.1 Å². The van der Waals surface area contributed by atoms with Crippen LogP contribution in [-0.4, -0.2) is 53.2 Å². The van der Waals surface area contributed by atoms with Crippen molar-refractivity contribution in [2.45, 2.75) is 18.9 Å². The minimum atomic E-state index is -0.773. The molecule has 2 aliphatic rings. The van der Waals surface area contributed by atoms with Gasteiger partial charge in [-0.15, -0.1) is 0 Å². The van der Waals surface area contributed by atoms with E-state index in [1.807, 2.05) is 0 Å². The molecule has 0 unspecified atom stereocenters. The minimum absolute atomic E-state index is 0.686. The van der Waals surface area contributed by atoms with E-state index >= 15 is 0 Å². The second-order valence-corrected chi connectivity index (χ2v) is 3.54. The molecule has 2 fully saturated rings. The molecule has 68 valence electrons. The molecule has 1 amide bonds. The molecule has 2 rings (SSSR count). The maximum atomic E-state index is 10.6. The lowest BCUT2D eigenvalue weighted by Gasteiger charge is -2.32. The van der Waals surface area contributed by atoms with Crippen LogP contribution in [0.5, 0.6) is 0 Å². The van der Waals surface area contributed by atoms with Crippen LogP contribution in [-0.2, 0) is 0 Å². The fourth-order valence-corrected chi connectivity index (χ4v) is 1.72. The van der Waals surface area contributed by atoms with E-state index < -0.39 is 6.09 Å². The van der Waals surface area contributed by atoms with E-state index in [-0.39, 0.29) is 0 Å². The van der Waals surface area contributed by atoms with Crippen molar-refractivity contribution < 1.29 is 9.90 Å². The Labute approximate surface area is 71.8 Å². The fraction of sp³-hybridized carbons (Fsp3) is 0.875. The Morgan fingerprint density at radius 3 is 2.17 bits per heavy atom. The van der Waals surface area contributed by atoms with Crippen molar-refractivity contribution in [3.8, 4) is 0 Å². The SMILES string of the molecule is O=C(O)N1CCN(C2CC2)CC1. The van der Waals surface area contributed by atoms with Crippen molar-refractivity contribution in [2.75, 3.05) is 26.2 Å². The highest BCUT2D eigenvalue weighted by Crippen LogP contribution is 2.27. The predicted octanol–water partition coefficient (Wildman–Crippen LogP) is 0.444. The van der Waals surface area contributed by atoms with Gasteiger partial charge in [-0.3, -0.25) is 4.90 Å². The number of carbonyl (C=O) groups is 1. The smallest absolute Gasteiger partial charge is 0.407 e. The lowest BCUT2D eigenvalue weighted by atomic mass is 10.3. The molecule has 1 aliphatic heterocycles. The predicted molar refractivity (Wildman–Crippen MR) is 44.2 cm³/mol. The molecule has 0 atom stereocenters. The molecule has 0 aromatic heterocycles. The molecule has 0 aromatic rings. The summed E-state index contributed by atoms with van der Waals surface area (Å²) in [7, 11) is 0. The normalized spacial score (nSPS) is 25.8. The third kappa shape index (κ3) is 1.53. The third-order valence-corrected chi connectivity index (χ3v) is 2.65. The van der Waals surface area contributed by atoms with E-state index in [1.54, 1.807) is 0 Å². The third-order valence-electron chi connectivity index (χ3n) is 2.65. The number of carboxylic acid groups (broad SMARTS) is 1. The van der Waals surface area contributed by atoms with E-state index in [1.165, 1.54) is 17.7 Å². The molecule has 1 aliphatic carbocycles. The van der Waals surface area contributed by atoms with Gasteiger partial charge in [0.25, 0.3) is 0 Å². The molecule has 0 bridgehead atoms. The molecule has 4 nitrogen and oxygen atoms in total. The number of rotatable bonds is 1. The maximum Gasteiger partial charge on any atom is 0.407 e. The zero-order valence-electron chi connectivity index (χ0n) is 7.07. The molecule has 1 saturated carbocycles. The first-order valence-electron chi connectivity index (χ1n) is 4.49. The van der Waals surface area contributed by atoms with Crippen molar-refractivity contribution in [1.29, 1.82) is 0 Å². The van der Waals surface area contributed by atoms with Crippen LogP contribution in [0.4, 0.5) is 4.79 Å². The Kier molecular flexibility index (Phi) is 1.92. The van der Waals surface area contributed by atoms with Crippen molar-refractivity contribution >= 4 is 6.09 Å². The van der Waals surface area contributed by atoms with Crippen LogP contribution in [0.25, 0.3) is 0 Å². The van der Waals surface area contributed by atoms with Gasteiger partial charge < -0.3 is 10.0 Å². The number of amides is 1. The molecule has 0 radical (unpaired) electrons. The second kappa shape index (κ2) is 2.94. The van der Waals surface area contributed by atoms with Crippen LogP contribution in [0.15, 0.2) is 0 Å². The molecule has 4 heteroatoms. The van der Waals surface area contributed by atoms with Gasteiger partial charge in [0.15, 0.2) is 0 Å². The summed E-state index contributed by atoms with van der Waals surface area (Å²) in [6.45, 7) is 3.23. The van der Waals surface area contributed by atoms with Gasteiger partial charge in [-0.2, -0.15) is 0 Å². The summed E-state index contributed by atoms with van der Waals surface area (Å²) in [5, 5.41) is 8.69. The maximum absolute atomic E-state index is 10.6. The van der Waals surface area contributed by atoms with Crippen LogP contribution in [0.2, 0.25) is 0 Å². The lowest BCUT2D eigenvalue weighted by Crippen LogP contribution is -2.48. The van der Waals surface area contributed by atoms with Gasteiger partial charge in [0, 0.05) is 32.2 Å². The number of nitrogens with zero attached hydrogens (tertiary/aromatic N) is 2. The molecule has 1 N–H and O–H groups in total. The zero-order chi connectivity index (χ0) is 8.55. The van der Waals surface area contributed by atoms with E-state index in [4.69, 9.17) is 5.11 Å². The Morgan fingerprint density at radius 2 is 1.75 bits per heavy atom. The van der Waals surface area contributed by atoms with Crippen LogP contribution in [0.3, 0.4) is 0 Å². The van der Waals surface area contributed by atoms with Gasteiger partial charge in [0.2, 0.25) is 0 Å². The summed E-state index contributed by atoms with van der Waals surface area (Å²) in [5.41, 5.74) is 0. The summed E-state index contributed by atoms with van der Waals surface area (Å²) < 4.78 is 0. The van der Waals surface area contributed by atoms with Crippen LogP contribution >= 0.6 is 0 Å². The molecule has 0 spiro atoms. The molecule has 1 saturated heterocycles. The summed E-state index contributed by atoms with van der Waals surface area (Å²) in [6.07, 6.45) is 1.85. The highest BCUT2D eigenvalue weighted by Gasteiger charge is 2.31. The molecule has 1 heterocycles. The fourth-order valence-electron chi connectivity index (χ4n) is 1.72. The Hall–Kier alpha value is -0.770. The van der Waals surface area contributed by atoms with Crippen molar-refractivity contribution in [1.82, 2.24) is 9.80 Å². The van der Waals surface area contributed by atoms with Crippen molar-refractivity contribution in [3.05, 3.63) is 0 Å². The van der Waals surface area contributed by atoms with E-state index in [2.05, 4.69) is 4.90 Å². The standard InChI is InChI=1S/C8H14N2O2/c11-8(12)10-5-3-9(4-6-10)7-1-2-7/h7H,1-6H2,(H,11,12). The zero-order valence-corrected chi connectivity index (χ0v) is 7.07. The van der Waals surface area contributed by atoms with Gasteiger partial charge in [-0.25, -0.2) is 4.79 Å². The highest BCUT2D eigenvalue weighted by molar-refractivity contribution is 5.65. The minimum Gasteiger partial charge on any atom is -0.465 e. The second-order valence-electron chi connectivity index (χ2n) is 3.54. The Bertz CT molecular complexity index is 183. The summed E-state index contributed by atoms with van der Waals surface area (Å²) in [4.78, 5) is 14.5. The first-order valence-corrected chi connectivity index (χ1v) is 4.49. The van der Waals surface area contributed by atoms with Gasteiger partial charge >= 0.3 is 6.09 Å². The van der Waals surface area contributed by atoms with E-state index in [0.717, 1.165) is 19.1 Å². The van der Waals surface area contributed by atoms with Gasteiger partial charge in [-0.1, -0.05) is 0 Å². The topological polar surface area (TPSA) is 43.8 Å². The Morgan fingerprint density at radius 1 is 1.17 bits per heavy atom. The lowest BCUT2D eigenvalue weighted by molar-refractivity contribution is 0.102. The summed E-state index contributed by atoms with van der Waals surface area (Å²) in [5.74, 6) is 0. The van der Waals surface area contributed by atoms with Crippen LogP contribution < -0.4 is 0 Å². The van der Waals surface area contributed by atoms with Gasteiger partial charge in [0.05, 0.1) is 0 Å². The molecular weight excluding hydrogens is 156 g/mol. The van der Waals surface area contributed by atoms with Crippen molar-refractivity contribution in [2.24, 2.45) is 0 Å². The molecule has 0 aromatic carbocycles. The molecule has 12 heavy (non-hydrogen) atoms. The number of hydrogen-bond acceptors (Lipinski definition) is 2. The van der Waals surface area contributed by atoms with Crippen LogP contribution in [0.1, 0.15) is 12.8 Å². The average Bonchev–Trinajstić information content (AvgIpc) is 2.87. The summed E-state index contributed by atoms with van der Waals surface area (Å²) in [6, 6.07) is 0.779. The number of piperazine rings is 1. The largest absolute Gasteiger partial charge is 0.465 e. The number of hydrogen-bond donors (Lipinski definition) is 1. The van der Waals surface area contributed by atoms with Gasteiger partial charge in [-0.05, 0) is 12.8 Å². The first-order chi connectivity index (χ1) is 5.77. The van der Waals surface area contributed by atoms with Crippen LogP contribution in [0, 0.1) is 0 Å². The van der Waals surface area contributed by atoms with Gasteiger partial charge in [0.1, 0.15) is 0 Å². The highest BCUT2D eigenvalue weighted by atomic mass is 16.4. The first kappa shape index (κ1) is 7.86. The van der Waals surface area contributed by atoms with Crippen molar-refractivity contribution in [3.63, 3.8) is 0 Å². The summed E-state index contributed by atoms with van der Waals surface area (Å²) >= 11 is 0. The Balaban J connectivity index is 1.80.